The summed E-state index contributed by atoms with van der Waals surface area (Å²) in [5.41, 5.74) is 7.70. The Balaban J connectivity index is 2.47. The molecule has 1 aromatic carbocycles. The number of nitrogens with one attached hydrogen (secondary N) is 1. The maximum atomic E-state index is 11.6. The van der Waals surface area contributed by atoms with Gasteiger partial charge in [-0.3, -0.25) is 4.79 Å². The highest BCUT2D eigenvalue weighted by Crippen LogP contribution is 2.06. The first kappa shape index (κ1) is 14.6. The van der Waals surface area contributed by atoms with E-state index in [1.165, 1.54) is 7.11 Å². The number of hydrogen-bond donors (Lipinski definition) is 2. The normalized spacial score (nSPS) is 12.2. The van der Waals surface area contributed by atoms with E-state index in [4.69, 9.17) is 15.2 Å². The molecule has 5 heteroatoms. The maximum absolute atomic E-state index is 11.6. The lowest BCUT2D eigenvalue weighted by Crippen LogP contribution is -2.43. The third-order valence-electron chi connectivity index (χ3n) is 2.45. The number of methoxy groups -OCH3 is 2. The van der Waals surface area contributed by atoms with Crippen LogP contribution in [0.2, 0.25) is 0 Å². The summed E-state index contributed by atoms with van der Waals surface area (Å²) in [6, 6.07) is 7.22. The molecular formula is C13H20N2O3. The number of hydrogen-bond acceptors (Lipinski definition) is 4. The van der Waals surface area contributed by atoms with E-state index < -0.39 is 6.04 Å². The van der Waals surface area contributed by atoms with E-state index in [0.717, 1.165) is 11.1 Å². The first-order valence-corrected chi connectivity index (χ1v) is 5.76. The minimum absolute atomic E-state index is 0.214. The molecule has 0 fully saturated rings. The summed E-state index contributed by atoms with van der Waals surface area (Å²) >= 11 is 0. The molecule has 0 aliphatic rings. The van der Waals surface area contributed by atoms with E-state index in [9.17, 15) is 4.79 Å². The van der Waals surface area contributed by atoms with Crippen LogP contribution in [0.5, 0.6) is 0 Å². The molecule has 0 saturated heterocycles. The largest absolute Gasteiger partial charge is 0.383 e. The van der Waals surface area contributed by atoms with Crippen molar-refractivity contribution in [3.8, 4) is 0 Å². The number of nitrogens with two attached hydrogens (primary N) is 1. The van der Waals surface area contributed by atoms with Gasteiger partial charge in [-0.1, -0.05) is 24.3 Å². The minimum atomic E-state index is -0.628. The Hall–Kier alpha value is -1.43. The minimum Gasteiger partial charge on any atom is -0.383 e. The van der Waals surface area contributed by atoms with Crippen LogP contribution in [0.4, 0.5) is 0 Å². The molecule has 5 nitrogen and oxygen atoms in total. The van der Waals surface area contributed by atoms with Crippen LogP contribution in [0.1, 0.15) is 11.1 Å². The van der Waals surface area contributed by atoms with Crippen molar-refractivity contribution in [2.24, 2.45) is 5.73 Å². The van der Waals surface area contributed by atoms with Crippen LogP contribution in [0.3, 0.4) is 0 Å². The molecule has 0 radical (unpaired) electrons. The van der Waals surface area contributed by atoms with E-state index in [-0.39, 0.29) is 12.5 Å². The molecule has 3 N–H and O–H groups in total. The smallest absolute Gasteiger partial charge is 0.239 e. The zero-order valence-electron chi connectivity index (χ0n) is 10.8. The second kappa shape index (κ2) is 7.81. The number of rotatable bonds is 7. The Bertz CT molecular complexity index is 382. The Morgan fingerprint density at radius 1 is 1.33 bits per heavy atom. The third-order valence-corrected chi connectivity index (χ3v) is 2.45. The summed E-state index contributed by atoms with van der Waals surface area (Å²) in [7, 11) is 3.17. The fourth-order valence-corrected chi connectivity index (χ4v) is 1.57. The molecule has 0 bridgehead atoms. The topological polar surface area (TPSA) is 73.6 Å². The van der Waals surface area contributed by atoms with Crippen molar-refractivity contribution in [1.29, 1.82) is 0 Å². The highest BCUT2D eigenvalue weighted by molar-refractivity contribution is 5.81. The van der Waals surface area contributed by atoms with E-state index in [0.29, 0.717) is 13.2 Å². The van der Waals surface area contributed by atoms with Crippen molar-refractivity contribution in [2.75, 3.05) is 20.8 Å². The van der Waals surface area contributed by atoms with Gasteiger partial charge >= 0.3 is 0 Å². The molecule has 18 heavy (non-hydrogen) atoms. The van der Waals surface area contributed by atoms with Crippen LogP contribution in [-0.2, 0) is 27.4 Å². The molecule has 1 amide bonds. The lowest BCUT2D eigenvalue weighted by Gasteiger charge is -2.11. The van der Waals surface area contributed by atoms with Gasteiger partial charge in [0.2, 0.25) is 5.91 Å². The fourth-order valence-electron chi connectivity index (χ4n) is 1.57. The average molecular weight is 252 g/mol. The van der Waals surface area contributed by atoms with Crippen molar-refractivity contribution in [2.45, 2.75) is 19.2 Å². The van der Waals surface area contributed by atoms with Gasteiger partial charge in [-0.25, -0.2) is 0 Å². The van der Waals surface area contributed by atoms with Crippen molar-refractivity contribution in [3.63, 3.8) is 0 Å². The standard InChI is InChI=1S/C13H20N2O3/c1-17-8-11-5-3-4-10(6-11)7-15-13(16)12(14)9-18-2/h3-6,12H,7-9,14H2,1-2H3,(H,15,16). The Morgan fingerprint density at radius 2 is 2.06 bits per heavy atom. The molecule has 0 aromatic heterocycles. The van der Waals surface area contributed by atoms with Gasteiger partial charge in [0.1, 0.15) is 6.04 Å². The predicted octanol–water partition coefficient (Wildman–Crippen LogP) is 0.423. The number of ether oxygens (including phenoxy) is 2. The molecule has 1 unspecified atom stereocenters. The molecular weight excluding hydrogens is 232 g/mol. The monoisotopic (exact) mass is 252 g/mol. The van der Waals surface area contributed by atoms with E-state index in [1.807, 2.05) is 24.3 Å². The first-order valence-electron chi connectivity index (χ1n) is 5.76. The fraction of sp³-hybridized carbons (Fsp3) is 0.462. The van der Waals surface area contributed by atoms with Crippen molar-refractivity contribution in [1.82, 2.24) is 5.32 Å². The second-order valence-electron chi connectivity index (χ2n) is 4.03. The first-order chi connectivity index (χ1) is 8.67. The number of amides is 1. The van der Waals surface area contributed by atoms with Crippen molar-refractivity contribution in [3.05, 3.63) is 35.4 Å². The quantitative estimate of drug-likeness (QED) is 0.737. The summed E-state index contributed by atoms with van der Waals surface area (Å²) in [6.07, 6.45) is 0. The van der Waals surface area contributed by atoms with E-state index in [1.54, 1.807) is 7.11 Å². The van der Waals surface area contributed by atoms with Crippen molar-refractivity contribution >= 4 is 5.91 Å². The number of benzene rings is 1. The Labute approximate surface area is 107 Å². The molecule has 100 valence electrons. The van der Waals surface area contributed by atoms with E-state index >= 15 is 0 Å². The highest BCUT2D eigenvalue weighted by Gasteiger charge is 2.12. The van der Waals surface area contributed by atoms with Gasteiger partial charge in [0.25, 0.3) is 0 Å². The molecule has 1 atom stereocenters. The average Bonchev–Trinajstić information content (AvgIpc) is 2.37. The van der Waals surface area contributed by atoms with E-state index in [2.05, 4.69) is 5.32 Å². The maximum Gasteiger partial charge on any atom is 0.239 e. The van der Waals surface area contributed by atoms with Gasteiger partial charge in [-0.2, -0.15) is 0 Å². The molecule has 0 spiro atoms. The van der Waals surface area contributed by atoms with Gasteiger partial charge in [-0.15, -0.1) is 0 Å². The summed E-state index contributed by atoms with van der Waals surface area (Å²) < 4.78 is 9.88. The van der Waals surface area contributed by atoms with Gasteiger partial charge in [-0.05, 0) is 11.1 Å². The zero-order valence-corrected chi connectivity index (χ0v) is 10.8. The number of carbonyl (C=O) groups excluding carboxylic acids is 1. The van der Waals surface area contributed by atoms with Crippen LogP contribution >= 0.6 is 0 Å². The van der Waals surface area contributed by atoms with Crippen LogP contribution in [0, 0.1) is 0 Å². The van der Waals surface area contributed by atoms with Gasteiger partial charge in [0.05, 0.1) is 13.2 Å². The summed E-state index contributed by atoms with van der Waals surface area (Å²) in [4.78, 5) is 11.6. The second-order valence-corrected chi connectivity index (χ2v) is 4.03. The molecule has 1 rings (SSSR count). The lowest BCUT2D eigenvalue weighted by molar-refractivity contribution is -0.123. The zero-order chi connectivity index (χ0) is 13.4. The molecule has 0 saturated carbocycles. The van der Waals surface area contributed by atoms with Gasteiger partial charge in [0.15, 0.2) is 0 Å². The molecule has 0 aliphatic heterocycles. The molecule has 0 aliphatic carbocycles. The van der Waals surface area contributed by atoms with Gasteiger partial charge < -0.3 is 20.5 Å². The Kier molecular flexibility index (Phi) is 6.35. The van der Waals surface area contributed by atoms with Crippen LogP contribution in [0.15, 0.2) is 24.3 Å². The summed E-state index contributed by atoms with van der Waals surface area (Å²) in [5.74, 6) is -0.214. The van der Waals surface area contributed by atoms with Crippen LogP contribution in [0.25, 0.3) is 0 Å². The van der Waals surface area contributed by atoms with Crippen LogP contribution in [-0.4, -0.2) is 32.8 Å². The lowest BCUT2D eigenvalue weighted by atomic mass is 10.1. The van der Waals surface area contributed by atoms with Crippen LogP contribution < -0.4 is 11.1 Å². The highest BCUT2D eigenvalue weighted by atomic mass is 16.5. The number of carbonyl (C=O) groups is 1. The SMILES string of the molecule is COCc1cccc(CNC(=O)C(N)COC)c1. The molecule has 1 aromatic rings. The van der Waals surface area contributed by atoms with Gasteiger partial charge in [0, 0.05) is 20.8 Å². The molecule has 0 heterocycles. The predicted molar refractivity (Wildman–Crippen MR) is 68.9 cm³/mol. The summed E-state index contributed by atoms with van der Waals surface area (Å²) in [6.45, 7) is 1.23. The summed E-state index contributed by atoms with van der Waals surface area (Å²) in [5, 5.41) is 2.77. The van der Waals surface area contributed by atoms with Crippen molar-refractivity contribution < 1.29 is 14.3 Å². The Morgan fingerprint density at radius 3 is 2.72 bits per heavy atom. The third kappa shape index (κ3) is 4.83.